The van der Waals surface area contributed by atoms with Crippen LogP contribution >= 0.6 is 11.3 Å². The van der Waals surface area contributed by atoms with E-state index in [0.717, 1.165) is 30.9 Å². The quantitative estimate of drug-likeness (QED) is 0.568. The molecular formula is C19H29N3OS. The summed E-state index contributed by atoms with van der Waals surface area (Å²) in [7, 11) is 0. The number of rotatable bonds is 6. The first-order chi connectivity index (χ1) is 11.8. The van der Waals surface area contributed by atoms with Gasteiger partial charge in [0.15, 0.2) is 5.13 Å². The SMILES string of the molecule is O=C(NC1CCCCCC1)c1csc(NCCC2=CCCCC2)n1. The van der Waals surface area contributed by atoms with E-state index in [2.05, 4.69) is 21.7 Å². The predicted molar refractivity (Wildman–Crippen MR) is 101 cm³/mol. The van der Waals surface area contributed by atoms with Crippen LogP contribution in [-0.4, -0.2) is 23.5 Å². The number of carbonyl (C=O) groups excluding carboxylic acids is 1. The normalized spacial score (nSPS) is 19.4. The first-order valence-electron chi connectivity index (χ1n) is 9.49. The summed E-state index contributed by atoms with van der Waals surface area (Å²) in [5, 5.41) is 9.26. The third kappa shape index (κ3) is 5.33. The Morgan fingerprint density at radius 3 is 2.75 bits per heavy atom. The van der Waals surface area contributed by atoms with Crippen LogP contribution in [0.2, 0.25) is 0 Å². The number of carbonyl (C=O) groups is 1. The van der Waals surface area contributed by atoms with E-state index < -0.39 is 0 Å². The second-order valence-electron chi connectivity index (χ2n) is 6.98. The predicted octanol–water partition coefficient (Wildman–Crippen LogP) is 4.90. The standard InChI is InChI=1S/C19H29N3OS/c23-18(21-16-10-6-1-2-7-11-16)17-14-24-19(22-17)20-13-12-15-8-4-3-5-9-15/h8,14,16H,1-7,9-13H2,(H,20,22)(H,21,23). The number of amides is 1. The topological polar surface area (TPSA) is 54.0 Å². The number of hydrogen-bond donors (Lipinski definition) is 2. The molecule has 0 aliphatic heterocycles. The van der Waals surface area contributed by atoms with Crippen molar-refractivity contribution in [3.63, 3.8) is 0 Å². The van der Waals surface area contributed by atoms with Gasteiger partial charge in [-0.3, -0.25) is 4.79 Å². The molecule has 2 aliphatic rings. The highest BCUT2D eigenvalue weighted by Crippen LogP contribution is 2.22. The second-order valence-corrected chi connectivity index (χ2v) is 7.84. The third-order valence-electron chi connectivity index (χ3n) is 5.03. The summed E-state index contributed by atoms with van der Waals surface area (Å²) >= 11 is 1.53. The van der Waals surface area contributed by atoms with Gasteiger partial charge in [-0.25, -0.2) is 4.98 Å². The minimum atomic E-state index is -0.0128. The highest BCUT2D eigenvalue weighted by atomic mass is 32.1. The zero-order chi connectivity index (χ0) is 16.6. The minimum absolute atomic E-state index is 0.0128. The third-order valence-corrected chi connectivity index (χ3v) is 5.83. The Hall–Kier alpha value is -1.36. The molecule has 2 aliphatic carbocycles. The fraction of sp³-hybridized carbons (Fsp3) is 0.684. The van der Waals surface area contributed by atoms with Crippen LogP contribution in [0, 0.1) is 0 Å². The van der Waals surface area contributed by atoms with Crippen molar-refractivity contribution in [3.8, 4) is 0 Å². The van der Waals surface area contributed by atoms with Gasteiger partial charge in [0, 0.05) is 18.0 Å². The number of nitrogens with one attached hydrogen (secondary N) is 2. The van der Waals surface area contributed by atoms with Crippen molar-refractivity contribution >= 4 is 22.4 Å². The Labute approximate surface area is 149 Å². The van der Waals surface area contributed by atoms with Gasteiger partial charge in [0.25, 0.3) is 5.91 Å². The van der Waals surface area contributed by atoms with Crippen LogP contribution in [0.3, 0.4) is 0 Å². The molecule has 0 radical (unpaired) electrons. The average molecular weight is 348 g/mol. The summed E-state index contributed by atoms with van der Waals surface area (Å²) in [6.07, 6.45) is 15.9. The maximum Gasteiger partial charge on any atom is 0.271 e. The van der Waals surface area contributed by atoms with Gasteiger partial charge in [-0.15, -0.1) is 11.3 Å². The molecular weight excluding hydrogens is 318 g/mol. The van der Waals surface area contributed by atoms with Crippen molar-refractivity contribution in [1.29, 1.82) is 0 Å². The second kappa shape index (κ2) is 9.21. The molecule has 1 fully saturated rings. The highest BCUT2D eigenvalue weighted by Gasteiger charge is 2.17. The number of aromatic nitrogens is 1. The van der Waals surface area contributed by atoms with Gasteiger partial charge in [0.05, 0.1) is 0 Å². The molecule has 1 saturated carbocycles. The average Bonchev–Trinajstić information content (AvgIpc) is 2.93. The molecule has 24 heavy (non-hydrogen) atoms. The molecule has 0 spiro atoms. The van der Waals surface area contributed by atoms with E-state index in [1.54, 1.807) is 5.57 Å². The van der Waals surface area contributed by atoms with Gasteiger partial charge >= 0.3 is 0 Å². The van der Waals surface area contributed by atoms with Crippen LogP contribution in [0.25, 0.3) is 0 Å². The van der Waals surface area contributed by atoms with Crippen LogP contribution in [0.1, 0.15) is 81.1 Å². The number of nitrogens with zero attached hydrogens (tertiary/aromatic N) is 1. The van der Waals surface area contributed by atoms with Crippen molar-refractivity contribution < 1.29 is 4.79 Å². The van der Waals surface area contributed by atoms with Crippen LogP contribution < -0.4 is 10.6 Å². The van der Waals surface area contributed by atoms with Gasteiger partial charge < -0.3 is 10.6 Å². The molecule has 132 valence electrons. The number of anilines is 1. The molecule has 2 N–H and O–H groups in total. The molecule has 1 heterocycles. The Morgan fingerprint density at radius 2 is 2.00 bits per heavy atom. The lowest BCUT2D eigenvalue weighted by atomic mass is 9.97. The lowest BCUT2D eigenvalue weighted by Crippen LogP contribution is -2.34. The molecule has 1 amide bonds. The molecule has 4 nitrogen and oxygen atoms in total. The van der Waals surface area contributed by atoms with Crippen LogP contribution in [0.15, 0.2) is 17.0 Å². The lowest BCUT2D eigenvalue weighted by molar-refractivity contribution is 0.0929. The lowest BCUT2D eigenvalue weighted by Gasteiger charge is -2.15. The summed E-state index contributed by atoms with van der Waals surface area (Å²) in [6, 6.07) is 0.330. The van der Waals surface area contributed by atoms with Gasteiger partial charge in [-0.05, 0) is 44.9 Å². The van der Waals surface area contributed by atoms with Crippen LogP contribution in [0.5, 0.6) is 0 Å². The van der Waals surface area contributed by atoms with E-state index in [0.29, 0.717) is 11.7 Å². The first kappa shape index (κ1) is 17.5. The number of thiazole rings is 1. The van der Waals surface area contributed by atoms with Gasteiger partial charge in [-0.2, -0.15) is 0 Å². The zero-order valence-electron chi connectivity index (χ0n) is 14.5. The smallest absolute Gasteiger partial charge is 0.271 e. The number of hydrogen-bond acceptors (Lipinski definition) is 4. The van der Waals surface area contributed by atoms with Crippen LogP contribution in [0.4, 0.5) is 5.13 Å². The fourth-order valence-corrected chi connectivity index (χ4v) is 4.32. The first-order valence-corrected chi connectivity index (χ1v) is 10.4. The summed E-state index contributed by atoms with van der Waals surface area (Å²) in [4.78, 5) is 16.8. The monoisotopic (exact) mass is 347 g/mol. The van der Waals surface area contributed by atoms with E-state index in [-0.39, 0.29) is 5.91 Å². The maximum absolute atomic E-state index is 12.4. The van der Waals surface area contributed by atoms with Gasteiger partial charge in [-0.1, -0.05) is 37.3 Å². The van der Waals surface area contributed by atoms with Crippen molar-refractivity contribution in [2.24, 2.45) is 0 Å². The summed E-state index contributed by atoms with van der Waals surface area (Å²) < 4.78 is 0. The minimum Gasteiger partial charge on any atom is -0.361 e. The van der Waals surface area contributed by atoms with Gasteiger partial charge in [0.1, 0.15) is 5.69 Å². The molecule has 0 saturated heterocycles. The van der Waals surface area contributed by atoms with Crippen molar-refractivity contribution in [2.45, 2.75) is 76.7 Å². The molecule has 0 aromatic carbocycles. The Morgan fingerprint density at radius 1 is 1.17 bits per heavy atom. The molecule has 0 bridgehead atoms. The molecule has 1 aromatic rings. The molecule has 3 rings (SSSR count). The van der Waals surface area contributed by atoms with Crippen molar-refractivity contribution in [1.82, 2.24) is 10.3 Å². The maximum atomic E-state index is 12.4. The van der Waals surface area contributed by atoms with E-state index in [9.17, 15) is 4.79 Å². The Balaban J connectivity index is 1.43. The Bertz CT molecular complexity index is 559. The van der Waals surface area contributed by atoms with Gasteiger partial charge in [0.2, 0.25) is 0 Å². The summed E-state index contributed by atoms with van der Waals surface area (Å²) in [6.45, 7) is 0.906. The molecule has 5 heteroatoms. The molecule has 0 atom stereocenters. The van der Waals surface area contributed by atoms with E-state index in [1.165, 1.54) is 62.7 Å². The van der Waals surface area contributed by atoms with E-state index in [1.807, 2.05) is 5.38 Å². The van der Waals surface area contributed by atoms with E-state index in [4.69, 9.17) is 0 Å². The van der Waals surface area contributed by atoms with Crippen molar-refractivity contribution in [2.75, 3.05) is 11.9 Å². The number of allylic oxidation sites excluding steroid dienone is 1. The summed E-state index contributed by atoms with van der Waals surface area (Å²) in [5.41, 5.74) is 2.13. The fourth-order valence-electron chi connectivity index (χ4n) is 3.60. The highest BCUT2D eigenvalue weighted by molar-refractivity contribution is 7.13. The summed E-state index contributed by atoms with van der Waals surface area (Å²) in [5.74, 6) is -0.0128. The molecule has 1 aromatic heterocycles. The largest absolute Gasteiger partial charge is 0.361 e. The van der Waals surface area contributed by atoms with E-state index >= 15 is 0 Å². The molecule has 0 unspecified atom stereocenters. The zero-order valence-corrected chi connectivity index (χ0v) is 15.3. The van der Waals surface area contributed by atoms with Crippen molar-refractivity contribution in [3.05, 3.63) is 22.7 Å². The van der Waals surface area contributed by atoms with Crippen LogP contribution in [-0.2, 0) is 0 Å². The Kier molecular flexibility index (Phi) is 6.70.